The normalized spacial score (nSPS) is 14.0. The quantitative estimate of drug-likeness (QED) is 0.865. The number of hydrogen-bond donors (Lipinski definition) is 2. The van der Waals surface area contributed by atoms with Crippen LogP contribution in [0, 0.1) is 5.82 Å². The Kier molecular flexibility index (Phi) is 5.29. The SMILES string of the molecule is C[C@@H](NCC(O)c1ccc(F)cc1)c1ccc(Br)cc1. The van der Waals surface area contributed by atoms with Gasteiger partial charge < -0.3 is 10.4 Å². The summed E-state index contributed by atoms with van der Waals surface area (Å²) in [5.41, 5.74) is 1.86. The smallest absolute Gasteiger partial charge is 0.123 e. The molecule has 0 saturated carbocycles. The summed E-state index contributed by atoms with van der Waals surface area (Å²) in [6, 6.07) is 14.1. The minimum atomic E-state index is -0.645. The van der Waals surface area contributed by atoms with E-state index in [9.17, 15) is 9.50 Å². The maximum absolute atomic E-state index is 12.8. The van der Waals surface area contributed by atoms with Crippen molar-refractivity contribution >= 4 is 15.9 Å². The largest absolute Gasteiger partial charge is 0.387 e. The van der Waals surface area contributed by atoms with E-state index in [1.54, 1.807) is 12.1 Å². The van der Waals surface area contributed by atoms with E-state index in [1.807, 2.05) is 31.2 Å². The molecule has 2 atom stereocenters. The Hall–Kier alpha value is -1.23. The third kappa shape index (κ3) is 4.13. The van der Waals surface area contributed by atoms with Crippen LogP contribution in [0.1, 0.15) is 30.2 Å². The van der Waals surface area contributed by atoms with Gasteiger partial charge in [0.05, 0.1) is 6.10 Å². The summed E-state index contributed by atoms with van der Waals surface area (Å²) in [5, 5.41) is 13.3. The average molecular weight is 338 g/mol. The summed E-state index contributed by atoms with van der Waals surface area (Å²) < 4.78 is 13.9. The van der Waals surface area contributed by atoms with Crippen molar-refractivity contribution in [3.05, 3.63) is 69.9 Å². The first-order valence-electron chi connectivity index (χ1n) is 6.48. The first-order valence-corrected chi connectivity index (χ1v) is 7.28. The lowest BCUT2D eigenvalue weighted by Crippen LogP contribution is -2.24. The molecule has 0 fully saturated rings. The van der Waals surface area contributed by atoms with Gasteiger partial charge >= 0.3 is 0 Å². The molecule has 106 valence electrons. The summed E-state index contributed by atoms with van der Waals surface area (Å²) in [7, 11) is 0. The Morgan fingerprint density at radius 1 is 1.05 bits per heavy atom. The van der Waals surface area contributed by atoms with E-state index in [1.165, 1.54) is 12.1 Å². The first kappa shape index (κ1) is 15.2. The molecule has 0 saturated heterocycles. The second-order valence-corrected chi connectivity index (χ2v) is 5.66. The van der Waals surface area contributed by atoms with Crippen molar-refractivity contribution < 1.29 is 9.50 Å². The van der Waals surface area contributed by atoms with E-state index in [-0.39, 0.29) is 11.9 Å². The van der Waals surface area contributed by atoms with Gasteiger partial charge in [0.25, 0.3) is 0 Å². The van der Waals surface area contributed by atoms with Crippen molar-refractivity contribution in [3.8, 4) is 0 Å². The topological polar surface area (TPSA) is 32.3 Å². The zero-order valence-electron chi connectivity index (χ0n) is 11.2. The minimum Gasteiger partial charge on any atom is -0.387 e. The third-order valence-electron chi connectivity index (χ3n) is 3.24. The second-order valence-electron chi connectivity index (χ2n) is 4.75. The lowest BCUT2D eigenvalue weighted by atomic mass is 10.1. The van der Waals surface area contributed by atoms with Gasteiger partial charge in [0.15, 0.2) is 0 Å². The molecule has 4 heteroatoms. The van der Waals surface area contributed by atoms with Crippen LogP contribution in [-0.4, -0.2) is 11.7 Å². The maximum Gasteiger partial charge on any atom is 0.123 e. The third-order valence-corrected chi connectivity index (χ3v) is 3.77. The molecule has 0 spiro atoms. The molecule has 1 unspecified atom stereocenters. The molecule has 2 rings (SSSR count). The van der Waals surface area contributed by atoms with E-state index in [0.717, 1.165) is 10.0 Å². The zero-order chi connectivity index (χ0) is 14.5. The molecule has 0 aromatic heterocycles. The summed E-state index contributed by atoms with van der Waals surface area (Å²) in [6.07, 6.45) is -0.645. The van der Waals surface area contributed by atoms with Crippen LogP contribution in [0.3, 0.4) is 0 Å². The number of rotatable bonds is 5. The average Bonchev–Trinajstić information content (AvgIpc) is 2.46. The highest BCUT2D eigenvalue weighted by atomic mass is 79.9. The van der Waals surface area contributed by atoms with E-state index >= 15 is 0 Å². The van der Waals surface area contributed by atoms with Crippen LogP contribution >= 0.6 is 15.9 Å². The van der Waals surface area contributed by atoms with Gasteiger partial charge in [-0.05, 0) is 42.3 Å². The molecular formula is C16H17BrFNO. The van der Waals surface area contributed by atoms with Crippen LogP contribution in [-0.2, 0) is 0 Å². The van der Waals surface area contributed by atoms with Crippen LogP contribution < -0.4 is 5.32 Å². The van der Waals surface area contributed by atoms with E-state index in [0.29, 0.717) is 12.1 Å². The predicted octanol–water partition coefficient (Wildman–Crippen LogP) is 3.97. The molecule has 0 aliphatic heterocycles. The first-order chi connectivity index (χ1) is 9.56. The van der Waals surface area contributed by atoms with Crippen LogP contribution in [0.5, 0.6) is 0 Å². The fraction of sp³-hybridized carbons (Fsp3) is 0.250. The van der Waals surface area contributed by atoms with Gasteiger partial charge in [-0.15, -0.1) is 0 Å². The molecule has 2 aromatic rings. The van der Waals surface area contributed by atoms with Crippen LogP contribution in [0.4, 0.5) is 4.39 Å². The van der Waals surface area contributed by atoms with E-state index in [2.05, 4.69) is 21.2 Å². The number of aliphatic hydroxyl groups excluding tert-OH is 1. The van der Waals surface area contributed by atoms with Gasteiger partial charge in [0.1, 0.15) is 5.82 Å². The highest BCUT2D eigenvalue weighted by Gasteiger charge is 2.10. The summed E-state index contributed by atoms with van der Waals surface area (Å²) in [6.45, 7) is 2.46. The van der Waals surface area contributed by atoms with Gasteiger partial charge in [0.2, 0.25) is 0 Å². The number of benzene rings is 2. The number of hydrogen-bond acceptors (Lipinski definition) is 2. The molecular weight excluding hydrogens is 321 g/mol. The van der Waals surface area contributed by atoms with Gasteiger partial charge in [-0.1, -0.05) is 40.2 Å². The molecule has 2 aromatic carbocycles. The molecule has 0 heterocycles. The lowest BCUT2D eigenvalue weighted by molar-refractivity contribution is 0.170. The van der Waals surface area contributed by atoms with Crippen molar-refractivity contribution in [2.75, 3.05) is 6.54 Å². The van der Waals surface area contributed by atoms with Crippen molar-refractivity contribution in [2.45, 2.75) is 19.1 Å². The van der Waals surface area contributed by atoms with Gasteiger partial charge in [-0.25, -0.2) is 4.39 Å². The molecule has 0 aliphatic rings. The molecule has 0 amide bonds. The Bertz CT molecular complexity index is 490. The molecule has 2 N–H and O–H groups in total. The van der Waals surface area contributed by atoms with Crippen LogP contribution in [0.2, 0.25) is 0 Å². The highest BCUT2D eigenvalue weighted by Crippen LogP contribution is 2.18. The van der Waals surface area contributed by atoms with Crippen molar-refractivity contribution in [2.24, 2.45) is 0 Å². The maximum atomic E-state index is 12.8. The number of aliphatic hydroxyl groups is 1. The van der Waals surface area contributed by atoms with Crippen molar-refractivity contribution in [1.29, 1.82) is 0 Å². The predicted molar refractivity (Wildman–Crippen MR) is 81.9 cm³/mol. The zero-order valence-corrected chi connectivity index (χ0v) is 12.8. The second kappa shape index (κ2) is 6.97. The Morgan fingerprint density at radius 2 is 1.60 bits per heavy atom. The Labute approximate surface area is 126 Å². The molecule has 0 radical (unpaired) electrons. The standard InChI is InChI=1S/C16H17BrFNO/c1-11(12-2-6-14(17)7-3-12)19-10-16(20)13-4-8-15(18)9-5-13/h2-9,11,16,19-20H,10H2,1H3/t11-,16?/m1/s1. The van der Waals surface area contributed by atoms with Gasteiger partial charge in [0, 0.05) is 17.1 Å². The monoisotopic (exact) mass is 337 g/mol. The molecule has 2 nitrogen and oxygen atoms in total. The summed E-state index contributed by atoms with van der Waals surface area (Å²) in [4.78, 5) is 0. The fourth-order valence-electron chi connectivity index (χ4n) is 1.96. The van der Waals surface area contributed by atoms with E-state index in [4.69, 9.17) is 0 Å². The Morgan fingerprint density at radius 3 is 2.20 bits per heavy atom. The van der Waals surface area contributed by atoms with Gasteiger partial charge in [-0.3, -0.25) is 0 Å². The minimum absolute atomic E-state index is 0.137. The van der Waals surface area contributed by atoms with Crippen LogP contribution in [0.15, 0.2) is 53.0 Å². The highest BCUT2D eigenvalue weighted by molar-refractivity contribution is 9.10. The van der Waals surface area contributed by atoms with Crippen molar-refractivity contribution in [1.82, 2.24) is 5.32 Å². The number of halogens is 2. The van der Waals surface area contributed by atoms with Crippen LogP contribution in [0.25, 0.3) is 0 Å². The summed E-state index contributed by atoms with van der Waals surface area (Å²) in [5.74, 6) is -0.294. The molecule has 20 heavy (non-hydrogen) atoms. The molecule has 0 bridgehead atoms. The van der Waals surface area contributed by atoms with E-state index < -0.39 is 6.10 Å². The summed E-state index contributed by atoms with van der Waals surface area (Å²) >= 11 is 3.40. The Balaban J connectivity index is 1.91. The van der Waals surface area contributed by atoms with Gasteiger partial charge in [-0.2, -0.15) is 0 Å². The fourth-order valence-corrected chi connectivity index (χ4v) is 2.22. The van der Waals surface area contributed by atoms with Crippen molar-refractivity contribution in [3.63, 3.8) is 0 Å². The number of nitrogens with one attached hydrogen (secondary N) is 1. The molecule has 0 aliphatic carbocycles. The lowest BCUT2D eigenvalue weighted by Gasteiger charge is -2.18.